The summed E-state index contributed by atoms with van der Waals surface area (Å²) in [7, 11) is 0. The number of hydrogen-bond acceptors (Lipinski definition) is 4. The Balaban J connectivity index is 0.000000696. The summed E-state index contributed by atoms with van der Waals surface area (Å²) in [5.74, 6) is 0.298. The fourth-order valence-electron chi connectivity index (χ4n) is 3.43. The second-order valence-electron chi connectivity index (χ2n) is 7.81. The van der Waals surface area contributed by atoms with E-state index in [0.717, 1.165) is 16.8 Å². The molecular weight excluding hydrogens is 435 g/mol. The Kier molecular flexibility index (Phi) is 10.2. The molecule has 0 bridgehead atoms. The molecule has 2 aromatic carbocycles. The minimum Gasteiger partial charge on any atom is -0.405 e. The molecule has 0 aliphatic carbocycles. The van der Waals surface area contributed by atoms with Gasteiger partial charge in [0, 0.05) is 33.1 Å². The van der Waals surface area contributed by atoms with Gasteiger partial charge < -0.3 is 16.4 Å². The number of benzene rings is 2. The predicted molar refractivity (Wildman–Crippen MR) is 139 cm³/mol. The smallest absolute Gasteiger partial charge is 0.148 e. The quantitative estimate of drug-likeness (QED) is 0.428. The second-order valence-corrected chi connectivity index (χ2v) is 8.22. The molecule has 4 nitrogen and oxygen atoms in total. The van der Waals surface area contributed by atoms with Gasteiger partial charge in [-0.1, -0.05) is 81.6 Å². The number of amidine groups is 1. The number of nitrogens with one attached hydrogen (secondary N) is 2. The van der Waals surface area contributed by atoms with Crippen LogP contribution in [0.25, 0.3) is 5.70 Å². The maximum absolute atomic E-state index is 13.9. The molecule has 1 aliphatic heterocycles. The van der Waals surface area contributed by atoms with E-state index in [4.69, 9.17) is 22.3 Å². The minimum absolute atomic E-state index is 0.282. The second kappa shape index (κ2) is 12.9. The largest absolute Gasteiger partial charge is 0.405 e. The van der Waals surface area contributed by atoms with E-state index in [9.17, 15) is 4.39 Å². The van der Waals surface area contributed by atoms with Crippen molar-refractivity contribution in [1.29, 1.82) is 0 Å². The van der Waals surface area contributed by atoms with E-state index in [-0.39, 0.29) is 12.0 Å². The lowest BCUT2D eigenvalue weighted by molar-refractivity contribution is 0.612. The molecule has 0 saturated carbocycles. The van der Waals surface area contributed by atoms with E-state index >= 15 is 0 Å². The summed E-state index contributed by atoms with van der Waals surface area (Å²) in [6.45, 7) is 12.2. The Morgan fingerprint density at radius 1 is 1.18 bits per heavy atom. The standard InChI is InChI=1S/C22H22ClFN4.C5H12/c1-13-16(8-6-10-20(13)24)14(2)26-21-17(11-12-25)15(3)27-22(28-21)18-7-4-5-9-19(18)23;1-3-5-4-2/h4-12,22,27H,2,25H2,1,3H3,(H,26,28);3-5H2,1-2H3/b12-11-;. The summed E-state index contributed by atoms with van der Waals surface area (Å²) in [6.07, 6.45) is 6.91. The molecule has 1 aliphatic rings. The Hall–Kier alpha value is -3.05. The lowest BCUT2D eigenvalue weighted by Gasteiger charge is -2.27. The van der Waals surface area contributed by atoms with Gasteiger partial charge in [0.15, 0.2) is 0 Å². The van der Waals surface area contributed by atoms with Crippen molar-refractivity contribution in [3.05, 3.63) is 100 Å². The van der Waals surface area contributed by atoms with Crippen LogP contribution in [0.3, 0.4) is 0 Å². The number of aliphatic imine (C=N–C) groups is 1. The molecule has 3 rings (SSSR count). The first-order chi connectivity index (χ1) is 15.8. The molecule has 1 heterocycles. The molecule has 1 atom stereocenters. The molecule has 0 spiro atoms. The molecule has 33 heavy (non-hydrogen) atoms. The first-order valence-electron chi connectivity index (χ1n) is 11.2. The highest BCUT2D eigenvalue weighted by atomic mass is 35.5. The van der Waals surface area contributed by atoms with Gasteiger partial charge in [0.25, 0.3) is 0 Å². The number of nitrogens with two attached hydrogens (primary N) is 1. The summed E-state index contributed by atoms with van der Waals surface area (Å²) < 4.78 is 13.9. The van der Waals surface area contributed by atoms with Crippen LogP contribution in [0.2, 0.25) is 5.02 Å². The van der Waals surface area contributed by atoms with E-state index in [1.54, 1.807) is 19.1 Å². The van der Waals surface area contributed by atoms with Crippen molar-refractivity contribution in [1.82, 2.24) is 10.6 Å². The molecule has 0 fully saturated rings. The van der Waals surface area contributed by atoms with Gasteiger partial charge in [-0.05, 0) is 43.8 Å². The molecule has 1 unspecified atom stereocenters. The van der Waals surface area contributed by atoms with Crippen molar-refractivity contribution in [2.75, 3.05) is 0 Å². The van der Waals surface area contributed by atoms with Crippen molar-refractivity contribution in [2.45, 2.75) is 53.1 Å². The Bertz CT molecular complexity index is 1050. The monoisotopic (exact) mass is 468 g/mol. The highest BCUT2D eigenvalue weighted by Crippen LogP contribution is 2.29. The van der Waals surface area contributed by atoms with Crippen LogP contribution < -0.4 is 16.4 Å². The van der Waals surface area contributed by atoms with Crippen LogP contribution >= 0.6 is 11.6 Å². The highest BCUT2D eigenvalue weighted by molar-refractivity contribution is 6.31. The van der Waals surface area contributed by atoms with Gasteiger partial charge in [0.05, 0.1) is 0 Å². The first kappa shape index (κ1) is 26.2. The van der Waals surface area contributed by atoms with E-state index in [1.807, 2.05) is 37.3 Å². The molecule has 0 amide bonds. The van der Waals surface area contributed by atoms with Crippen LogP contribution in [0.15, 0.2) is 77.6 Å². The number of nitrogens with zero attached hydrogens (tertiary/aromatic N) is 1. The van der Waals surface area contributed by atoms with E-state index in [2.05, 4.69) is 31.1 Å². The lowest BCUT2D eigenvalue weighted by atomic mass is 10.0. The van der Waals surface area contributed by atoms with Gasteiger partial charge in [0.2, 0.25) is 0 Å². The number of allylic oxidation sites excluding steroid dienone is 1. The zero-order valence-corrected chi connectivity index (χ0v) is 20.6. The van der Waals surface area contributed by atoms with Gasteiger partial charge in [-0.3, -0.25) is 0 Å². The van der Waals surface area contributed by atoms with Crippen LogP contribution in [-0.4, -0.2) is 5.84 Å². The van der Waals surface area contributed by atoms with Crippen LogP contribution in [0.4, 0.5) is 4.39 Å². The zero-order chi connectivity index (χ0) is 24.4. The van der Waals surface area contributed by atoms with Crippen LogP contribution in [0, 0.1) is 12.7 Å². The Labute approximate surface area is 202 Å². The van der Waals surface area contributed by atoms with Crippen molar-refractivity contribution in [2.24, 2.45) is 10.7 Å². The highest BCUT2D eigenvalue weighted by Gasteiger charge is 2.23. The van der Waals surface area contributed by atoms with E-state index < -0.39 is 0 Å². The zero-order valence-electron chi connectivity index (χ0n) is 19.9. The van der Waals surface area contributed by atoms with Gasteiger partial charge >= 0.3 is 0 Å². The lowest BCUT2D eigenvalue weighted by Crippen LogP contribution is -2.34. The normalized spacial score (nSPS) is 15.5. The molecule has 0 aromatic heterocycles. The van der Waals surface area contributed by atoms with Crippen LogP contribution in [0.5, 0.6) is 0 Å². The average Bonchev–Trinajstić information content (AvgIpc) is 2.79. The molecule has 6 heteroatoms. The van der Waals surface area contributed by atoms with E-state index in [0.29, 0.717) is 27.7 Å². The summed E-state index contributed by atoms with van der Waals surface area (Å²) in [4.78, 5) is 4.77. The first-order valence-corrected chi connectivity index (χ1v) is 11.6. The molecule has 4 N–H and O–H groups in total. The number of rotatable bonds is 6. The van der Waals surface area contributed by atoms with Gasteiger partial charge in [-0.25, -0.2) is 9.38 Å². The number of halogens is 2. The van der Waals surface area contributed by atoms with E-state index in [1.165, 1.54) is 31.5 Å². The summed E-state index contributed by atoms with van der Waals surface area (Å²) >= 11 is 6.35. The van der Waals surface area contributed by atoms with Gasteiger partial charge in [-0.2, -0.15) is 0 Å². The summed E-state index contributed by atoms with van der Waals surface area (Å²) in [6, 6.07) is 12.4. The van der Waals surface area contributed by atoms with Crippen molar-refractivity contribution in [3.63, 3.8) is 0 Å². The topological polar surface area (TPSA) is 62.4 Å². The Morgan fingerprint density at radius 3 is 2.48 bits per heavy atom. The third kappa shape index (κ3) is 6.96. The van der Waals surface area contributed by atoms with Crippen molar-refractivity contribution in [3.8, 4) is 0 Å². The molecule has 0 saturated heterocycles. The average molecular weight is 469 g/mol. The van der Waals surface area contributed by atoms with Crippen LogP contribution in [-0.2, 0) is 0 Å². The fraction of sp³-hybridized carbons (Fsp3) is 0.296. The number of unbranched alkanes of at least 4 members (excludes halogenated alkanes) is 2. The maximum atomic E-state index is 13.9. The molecular formula is C27H34ClFN4. The third-order valence-corrected chi connectivity index (χ3v) is 5.65. The third-order valence-electron chi connectivity index (χ3n) is 5.30. The number of hydrogen-bond donors (Lipinski definition) is 3. The van der Waals surface area contributed by atoms with Crippen molar-refractivity contribution < 1.29 is 4.39 Å². The summed E-state index contributed by atoms with van der Waals surface area (Å²) in [5.41, 5.74) is 9.90. The van der Waals surface area contributed by atoms with Crippen LogP contribution in [0.1, 0.15) is 62.9 Å². The van der Waals surface area contributed by atoms with Crippen molar-refractivity contribution >= 4 is 23.1 Å². The van der Waals surface area contributed by atoms with Gasteiger partial charge in [0.1, 0.15) is 17.8 Å². The maximum Gasteiger partial charge on any atom is 0.148 e. The minimum atomic E-state index is -0.368. The van der Waals surface area contributed by atoms with Gasteiger partial charge in [-0.15, -0.1) is 0 Å². The molecule has 176 valence electrons. The fourth-order valence-corrected chi connectivity index (χ4v) is 3.67. The molecule has 0 radical (unpaired) electrons. The summed E-state index contributed by atoms with van der Waals surface area (Å²) in [5, 5.41) is 7.19. The molecule has 2 aromatic rings. The SMILES string of the molecule is C=C(NC1=NC(c2ccccc2Cl)NC(C)=C1/C=C\N)c1cccc(F)c1C.CCCCC. The predicted octanol–water partition coefficient (Wildman–Crippen LogP) is 6.99. The Morgan fingerprint density at radius 2 is 1.88 bits per heavy atom.